The Balaban J connectivity index is 0.000000842. The second-order valence-electron chi connectivity index (χ2n) is 18.3. The van der Waals surface area contributed by atoms with Gasteiger partial charge in [0.2, 0.25) is 0 Å². The molecule has 0 atom stereocenters. The molecule has 2 aromatic rings. The van der Waals surface area contributed by atoms with Crippen molar-refractivity contribution in [3.8, 4) is 0 Å². The van der Waals surface area contributed by atoms with E-state index in [0.717, 1.165) is 10.6 Å². The summed E-state index contributed by atoms with van der Waals surface area (Å²) in [5.41, 5.74) is 6.06. The van der Waals surface area contributed by atoms with Gasteiger partial charge in [-0.25, -0.2) is 0 Å². The molecule has 0 amide bonds. The molecule has 0 radical (unpaired) electrons. The maximum Gasteiger partial charge on any atom is 2.00 e. The molecule has 0 bridgehead atoms. The van der Waals surface area contributed by atoms with Crippen LogP contribution in [0, 0.1) is 0 Å². The molecule has 0 aliphatic heterocycles. The number of hydrogen-bond donors (Lipinski definition) is 0. The Morgan fingerprint density at radius 3 is 0.800 bits per heavy atom. The predicted octanol–water partition coefficient (Wildman–Crippen LogP) is 12.2. The van der Waals surface area contributed by atoms with Gasteiger partial charge in [0.05, 0.1) is 0 Å². The maximum atomic E-state index is 13.8. The summed E-state index contributed by atoms with van der Waals surface area (Å²) < 4.78 is 27.7. The zero-order valence-electron chi connectivity index (χ0n) is 32.8. The van der Waals surface area contributed by atoms with Gasteiger partial charge in [-0.2, -0.15) is 0 Å². The molecule has 0 heterocycles. The number of rotatable bonds is 6. The van der Waals surface area contributed by atoms with Gasteiger partial charge in [-0.15, -0.1) is 0 Å². The van der Waals surface area contributed by atoms with Gasteiger partial charge in [0.15, 0.2) is 0 Å². The molecule has 260 valence electrons. The van der Waals surface area contributed by atoms with Gasteiger partial charge >= 0.3 is 20.4 Å². The minimum atomic E-state index is -2.42. The van der Waals surface area contributed by atoms with Crippen LogP contribution in [0.15, 0.2) is 36.4 Å². The Morgan fingerprint density at radius 1 is 0.422 bits per heavy atom. The van der Waals surface area contributed by atoms with E-state index in [2.05, 4.69) is 175 Å². The van der Waals surface area contributed by atoms with Gasteiger partial charge < -0.3 is 9.13 Å². The quantitative estimate of drug-likeness (QED) is 0.218. The van der Waals surface area contributed by atoms with E-state index in [1.807, 2.05) is 0 Å². The summed E-state index contributed by atoms with van der Waals surface area (Å²) in [6, 6.07) is 13.3. The van der Waals surface area contributed by atoms with Gasteiger partial charge in [0.25, 0.3) is 0 Å². The fraction of sp³-hybridized carbons (Fsp3) is 0.700. The fourth-order valence-electron chi connectivity index (χ4n) is 6.12. The predicted molar refractivity (Wildman–Crippen MR) is 203 cm³/mol. The molecule has 0 aliphatic carbocycles. The summed E-state index contributed by atoms with van der Waals surface area (Å²) >= 11 is 0. The van der Waals surface area contributed by atoms with Crippen LogP contribution >= 0.6 is 14.3 Å². The molecule has 2 rings (SSSR count). The first-order chi connectivity index (χ1) is 19.4. The molecule has 0 aromatic heterocycles. The van der Waals surface area contributed by atoms with Crippen molar-refractivity contribution >= 4 is 24.9 Å². The SMILES string of the molecule is CC(C)P(=O)(c1ccc(C(C)(C)C)cc1C(C)(C)C)C(C)C.CC(C)P(=O)(c1ccc(C(C)(C)C)cc1C(C)(C)C)C(C)C.[Pd+2]. The number of benzene rings is 2. The van der Waals surface area contributed by atoms with Crippen LogP contribution in [-0.2, 0) is 51.2 Å². The molecule has 0 saturated carbocycles. The summed E-state index contributed by atoms with van der Waals surface area (Å²) in [4.78, 5) is 0. The molecular formula is C40H70O2P2Pd+2. The van der Waals surface area contributed by atoms with Crippen LogP contribution in [0.5, 0.6) is 0 Å². The van der Waals surface area contributed by atoms with Crippen LogP contribution in [0.25, 0.3) is 0 Å². The van der Waals surface area contributed by atoms with E-state index in [-0.39, 0.29) is 64.7 Å². The van der Waals surface area contributed by atoms with Crippen LogP contribution in [0.3, 0.4) is 0 Å². The average molecular weight is 751 g/mol. The smallest absolute Gasteiger partial charge is 0.318 e. The monoisotopic (exact) mass is 750 g/mol. The minimum absolute atomic E-state index is 0. The topological polar surface area (TPSA) is 34.1 Å². The van der Waals surface area contributed by atoms with Crippen LogP contribution in [0.4, 0.5) is 0 Å². The molecule has 0 fully saturated rings. The molecule has 5 heteroatoms. The third-order valence-corrected chi connectivity index (χ3v) is 17.6. The molecule has 0 aliphatic rings. The summed E-state index contributed by atoms with van der Waals surface area (Å²) in [7, 11) is -4.84. The van der Waals surface area contributed by atoms with Crippen LogP contribution in [-0.4, -0.2) is 22.6 Å². The standard InChI is InChI=1S/2C20H35OP.Pd/c2*1-14(2)22(21,15(3)4)18-12-11-16(19(5,6)7)13-17(18)20(8,9)10;/h2*11-15H,1-10H3;/q;;+2. The maximum absolute atomic E-state index is 13.8. The Kier molecular flexibility index (Phi) is 15.3. The Hall–Kier alpha value is -0.438. The molecule has 0 spiro atoms. The third kappa shape index (κ3) is 10.3. The first-order valence-electron chi connectivity index (χ1n) is 16.9. The molecule has 45 heavy (non-hydrogen) atoms. The van der Waals surface area contributed by atoms with Crippen molar-refractivity contribution < 1.29 is 29.6 Å². The Labute approximate surface area is 294 Å². The van der Waals surface area contributed by atoms with Gasteiger partial charge in [0.1, 0.15) is 14.3 Å². The second kappa shape index (κ2) is 15.4. The van der Waals surface area contributed by atoms with Gasteiger partial charge in [-0.05, 0) is 43.9 Å². The van der Waals surface area contributed by atoms with Crippen molar-refractivity contribution in [3.63, 3.8) is 0 Å². The normalized spacial score (nSPS) is 13.7. The zero-order chi connectivity index (χ0) is 35.0. The van der Waals surface area contributed by atoms with Crippen molar-refractivity contribution in [2.45, 2.75) is 183 Å². The first-order valence-corrected chi connectivity index (χ1v) is 20.6. The van der Waals surface area contributed by atoms with E-state index < -0.39 is 14.3 Å². The molecule has 0 unspecified atom stereocenters. The van der Waals surface area contributed by atoms with Crippen LogP contribution in [0.1, 0.15) is 161 Å². The van der Waals surface area contributed by atoms with Gasteiger partial charge in [0, 0.05) is 33.2 Å². The zero-order valence-corrected chi connectivity index (χ0v) is 36.1. The minimum Gasteiger partial charge on any atom is -0.318 e. The average Bonchev–Trinajstić information content (AvgIpc) is 2.84. The molecule has 2 nitrogen and oxygen atoms in total. The van der Waals surface area contributed by atoms with E-state index in [1.54, 1.807) is 0 Å². The Morgan fingerprint density at radius 2 is 0.644 bits per heavy atom. The van der Waals surface area contributed by atoms with Gasteiger partial charge in [-0.3, -0.25) is 0 Å². The molecule has 0 N–H and O–H groups in total. The van der Waals surface area contributed by atoms with E-state index in [0.29, 0.717) is 0 Å². The van der Waals surface area contributed by atoms with E-state index in [1.165, 1.54) is 22.3 Å². The van der Waals surface area contributed by atoms with Crippen LogP contribution < -0.4 is 10.6 Å². The first kappa shape index (κ1) is 44.6. The summed E-state index contributed by atoms with van der Waals surface area (Å²) in [6.45, 7) is 43.6. The summed E-state index contributed by atoms with van der Waals surface area (Å²) in [5.74, 6) is 0. The van der Waals surface area contributed by atoms with Gasteiger partial charge in [-0.1, -0.05) is 175 Å². The largest absolute Gasteiger partial charge is 2.00 e. The van der Waals surface area contributed by atoms with Crippen molar-refractivity contribution in [3.05, 3.63) is 58.7 Å². The second-order valence-corrected chi connectivity index (χ2v) is 26.2. The van der Waals surface area contributed by atoms with Crippen molar-refractivity contribution in [1.82, 2.24) is 0 Å². The molecular weight excluding hydrogens is 681 g/mol. The van der Waals surface area contributed by atoms with E-state index in [9.17, 15) is 9.13 Å². The van der Waals surface area contributed by atoms with E-state index in [4.69, 9.17) is 0 Å². The number of hydrogen-bond acceptors (Lipinski definition) is 2. The van der Waals surface area contributed by atoms with Crippen molar-refractivity contribution in [2.75, 3.05) is 0 Å². The summed E-state index contributed by atoms with van der Waals surface area (Å²) in [5, 5.41) is 2.19. The van der Waals surface area contributed by atoms with E-state index >= 15 is 0 Å². The fourth-order valence-corrected chi connectivity index (χ4v) is 12.9. The molecule has 0 saturated heterocycles. The van der Waals surface area contributed by atoms with Crippen molar-refractivity contribution in [2.24, 2.45) is 0 Å². The molecule has 2 aromatic carbocycles. The third-order valence-electron chi connectivity index (χ3n) is 9.16. The summed E-state index contributed by atoms with van der Waals surface area (Å²) in [6.07, 6.45) is 0. The van der Waals surface area contributed by atoms with Crippen LogP contribution in [0.2, 0.25) is 0 Å². The Bertz CT molecular complexity index is 1230. The van der Waals surface area contributed by atoms with Crippen molar-refractivity contribution in [1.29, 1.82) is 0 Å².